The lowest BCUT2D eigenvalue weighted by Crippen LogP contribution is -2.50. The topological polar surface area (TPSA) is 78.9 Å². The van der Waals surface area contributed by atoms with Gasteiger partial charge >= 0.3 is 17.9 Å². The van der Waals surface area contributed by atoms with Crippen LogP contribution in [-0.2, 0) is 28.6 Å². The number of cyclic esters (lactones) is 1. The molecule has 0 bridgehead atoms. The lowest BCUT2D eigenvalue weighted by atomic mass is 9.61. The predicted octanol–water partition coefficient (Wildman–Crippen LogP) is 3.68. The summed E-state index contributed by atoms with van der Waals surface area (Å²) >= 11 is 0. The van der Waals surface area contributed by atoms with Gasteiger partial charge in [-0.05, 0) is 36.2 Å². The SMILES string of the molecule is C=C1COC(=O)[C@@]12C[C@]1(C)[C@@H]([C@@H](OC(=O)C(C)C)CC[C@H]1C)[C@@H]2OC(=O)C(C)C. The summed E-state index contributed by atoms with van der Waals surface area (Å²) in [4.78, 5) is 38.1. The van der Waals surface area contributed by atoms with Crippen molar-refractivity contribution in [2.24, 2.45) is 34.5 Å². The highest BCUT2D eigenvalue weighted by molar-refractivity contribution is 5.86. The summed E-state index contributed by atoms with van der Waals surface area (Å²) in [6.07, 6.45) is 0.919. The molecule has 3 aliphatic rings. The molecule has 162 valence electrons. The fraction of sp³-hybridized carbons (Fsp3) is 0.783. The van der Waals surface area contributed by atoms with Crippen LogP contribution in [0.4, 0.5) is 0 Å². The van der Waals surface area contributed by atoms with Gasteiger partial charge in [0.1, 0.15) is 24.2 Å². The lowest BCUT2D eigenvalue weighted by molar-refractivity contribution is -0.179. The van der Waals surface area contributed by atoms with Crippen LogP contribution in [0, 0.1) is 34.5 Å². The van der Waals surface area contributed by atoms with Crippen molar-refractivity contribution in [2.45, 2.75) is 73.0 Å². The quantitative estimate of drug-likeness (QED) is 0.403. The zero-order valence-corrected chi connectivity index (χ0v) is 18.4. The summed E-state index contributed by atoms with van der Waals surface area (Å²) in [5.41, 5.74) is -0.750. The van der Waals surface area contributed by atoms with Crippen molar-refractivity contribution in [2.75, 3.05) is 6.61 Å². The van der Waals surface area contributed by atoms with Crippen LogP contribution in [0.25, 0.3) is 0 Å². The fourth-order valence-corrected chi connectivity index (χ4v) is 5.44. The Bertz CT molecular complexity index is 707. The number of hydrogen-bond donors (Lipinski definition) is 0. The number of carbonyl (C=O) groups is 3. The van der Waals surface area contributed by atoms with Gasteiger partial charge in [0.25, 0.3) is 0 Å². The van der Waals surface area contributed by atoms with Crippen LogP contribution in [0.5, 0.6) is 0 Å². The third kappa shape index (κ3) is 3.28. The zero-order chi connectivity index (χ0) is 21.7. The maximum absolute atomic E-state index is 13.0. The first-order valence-electron chi connectivity index (χ1n) is 10.7. The Morgan fingerprint density at radius 1 is 1.10 bits per heavy atom. The van der Waals surface area contributed by atoms with Crippen LogP contribution < -0.4 is 0 Å². The van der Waals surface area contributed by atoms with Gasteiger partial charge in [0.2, 0.25) is 0 Å². The first-order valence-corrected chi connectivity index (χ1v) is 10.7. The van der Waals surface area contributed by atoms with E-state index in [2.05, 4.69) is 20.4 Å². The molecule has 0 N–H and O–H groups in total. The number of ether oxygens (including phenoxy) is 3. The standard InChI is InChI=1S/C23H34O6/c1-12(2)19(24)28-16-9-8-14(5)22(7)11-23(15(6)10-27-21(23)26)18(17(16)22)29-20(25)13(3)4/h12-14,16-18H,6,8-11H2,1-5,7H3/t14-,16+,17+,18+,22+,23+/m1/s1. The highest BCUT2D eigenvalue weighted by atomic mass is 16.6. The van der Waals surface area contributed by atoms with Crippen LogP contribution in [0.15, 0.2) is 12.2 Å². The molecule has 0 radical (unpaired) electrons. The van der Waals surface area contributed by atoms with Crippen molar-refractivity contribution < 1.29 is 28.6 Å². The molecule has 0 unspecified atom stereocenters. The Labute approximate surface area is 173 Å². The maximum Gasteiger partial charge on any atom is 0.320 e. The Kier molecular flexibility index (Phi) is 5.61. The molecule has 29 heavy (non-hydrogen) atoms. The molecule has 0 aromatic rings. The van der Waals surface area contributed by atoms with Crippen LogP contribution in [0.2, 0.25) is 0 Å². The number of esters is 3. The van der Waals surface area contributed by atoms with Crippen molar-refractivity contribution in [3.8, 4) is 0 Å². The molecule has 6 nitrogen and oxygen atoms in total. The van der Waals surface area contributed by atoms with E-state index >= 15 is 0 Å². The van der Waals surface area contributed by atoms with Gasteiger partial charge in [0.05, 0.1) is 11.8 Å². The Balaban J connectivity index is 2.08. The smallest absolute Gasteiger partial charge is 0.320 e. The Morgan fingerprint density at radius 2 is 1.69 bits per heavy atom. The summed E-state index contributed by atoms with van der Waals surface area (Å²) in [7, 11) is 0. The van der Waals surface area contributed by atoms with Gasteiger partial charge in [-0.2, -0.15) is 0 Å². The van der Waals surface area contributed by atoms with Gasteiger partial charge in [0.15, 0.2) is 0 Å². The van der Waals surface area contributed by atoms with Gasteiger partial charge in [-0.25, -0.2) is 0 Å². The second-order valence-corrected chi connectivity index (χ2v) is 9.98. The van der Waals surface area contributed by atoms with Crippen LogP contribution in [-0.4, -0.2) is 36.7 Å². The van der Waals surface area contributed by atoms with Crippen molar-refractivity contribution in [3.63, 3.8) is 0 Å². The normalized spacial score (nSPS) is 39.0. The molecule has 1 aliphatic heterocycles. The predicted molar refractivity (Wildman–Crippen MR) is 107 cm³/mol. The molecule has 0 amide bonds. The number of rotatable bonds is 4. The Hall–Kier alpha value is -1.85. The first-order chi connectivity index (χ1) is 13.4. The molecule has 1 saturated heterocycles. The van der Waals surface area contributed by atoms with E-state index in [1.54, 1.807) is 27.7 Å². The van der Waals surface area contributed by atoms with Crippen molar-refractivity contribution in [1.29, 1.82) is 0 Å². The van der Waals surface area contributed by atoms with E-state index in [9.17, 15) is 14.4 Å². The van der Waals surface area contributed by atoms with Crippen LogP contribution >= 0.6 is 0 Å². The molecular formula is C23H34O6. The Morgan fingerprint density at radius 3 is 2.21 bits per heavy atom. The third-order valence-electron chi connectivity index (χ3n) is 7.47. The summed E-state index contributed by atoms with van der Waals surface area (Å²) < 4.78 is 17.3. The summed E-state index contributed by atoms with van der Waals surface area (Å²) in [6.45, 7) is 15.7. The monoisotopic (exact) mass is 406 g/mol. The third-order valence-corrected chi connectivity index (χ3v) is 7.47. The van der Waals surface area contributed by atoms with Crippen LogP contribution in [0.1, 0.15) is 60.8 Å². The summed E-state index contributed by atoms with van der Waals surface area (Å²) in [5.74, 6) is -1.59. The molecule has 3 fully saturated rings. The van der Waals surface area contributed by atoms with E-state index in [1.165, 1.54) is 0 Å². The molecule has 1 heterocycles. The van der Waals surface area contributed by atoms with Gasteiger partial charge in [-0.3, -0.25) is 14.4 Å². The van der Waals surface area contributed by atoms with Crippen molar-refractivity contribution in [3.05, 3.63) is 12.2 Å². The minimum Gasteiger partial charge on any atom is -0.462 e. The van der Waals surface area contributed by atoms with Crippen molar-refractivity contribution in [1.82, 2.24) is 0 Å². The van der Waals surface area contributed by atoms with Crippen LogP contribution in [0.3, 0.4) is 0 Å². The molecule has 3 rings (SSSR count). The molecule has 1 spiro atoms. The highest BCUT2D eigenvalue weighted by Gasteiger charge is 2.72. The average molecular weight is 407 g/mol. The first kappa shape index (κ1) is 21.8. The van der Waals surface area contributed by atoms with Gasteiger partial charge < -0.3 is 14.2 Å². The number of hydrogen-bond acceptors (Lipinski definition) is 6. The molecule has 2 saturated carbocycles. The van der Waals surface area contributed by atoms with Gasteiger partial charge in [-0.1, -0.05) is 48.1 Å². The van der Waals surface area contributed by atoms with Crippen molar-refractivity contribution >= 4 is 17.9 Å². The minimum atomic E-state index is -1.06. The van der Waals surface area contributed by atoms with E-state index in [4.69, 9.17) is 14.2 Å². The van der Waals surface area contributed by atoms with E-state index in [0.717, 1.165) is 6.42 Å². The maximum atomic E-state index is 13.0. The molecule has 6 atom stereocenters. The summed E-state index contributed by atoms with van der Waals surface area (Å²) in [6, 6.07) is 0. The van der Waals surface area contributed by atoms with E-state index in [1.807, 2.05) is 0 Å². The van der Waals surface area contributed by atoms with Gasteiger partial charge in [-0.15, -0.1) is 0 Å². The number of carbonyl (C=O) groups excluding carboxylic acids is 3. The molecule has 6 heteroatoms. The highest BCUT2D eigenvalue weighted by Crippen LogP contribution is 2.66. The van der Waals surface area contributed by atoms with Gasteiger partial charge in [0, 0.05) is 5.92 Å². The second-order valence-electron chi connectivity index (χ2n) is 9.98. The lowest BCUT2D eigenvalue weighted by Gasteiger charge is -2.47. The molecule has 2 aliphatic carbocycles. The second kappa shape index (κ2) is 7.44. The average Bonchev–Trinajstić information content (AvgIpc) is 3.08. The minimum absolute atomic E-state index is 0.141. The molecule has 0 aromatic heterocycles. The fourth-order valence-electron chi connectivity index (χ4n) is 5.44. The van der Waals surface area contributed by atoms with E-state index in [0.29, 0.717) is 18.4 Å². The largest absolute Gasteiger partial charge is 0.462 e. The molecule has 0 aromatic carbocycles. The molecular weight excluding hydrogens is 372 g/mol. The van der Waals surface area contributed by atoms with E-state index in [-0.39, 0.29) is 53.6 Å². The van der Waals surface area contributed by atoms with E-state index < -0.39 is 17.6 Å². The zero-order valence-electron chi connectivity index (χ0n) is 18.4. The number of fused-ring (bicyclic) bond motifs is 1. The summed E-state index contributed by atoms with van der Waals surface area (Å²) in [5, 5.41) is 0.